The van der Waals surface area contributed by atoms with Gasteiger partial charge in [-0.1, -0.05) is 18.2 Å². The zero-order valence-corrected chi connectivity index (χ0v) is 12.1. The van der Waals surface area contributed by atoms with Crippen LogP contribution in [-0.4, -0.2) is 11.2 Å². The highest BCUT2D eigenvalue weighted by Crippen LogP contribution is 2.24. The van der Waals surface area contributed by atoms with Crippen LogP contribution in [-0.2, 0) is 0 Å². The highest BCUT2D eigenvalue weighted by molar-refractivity contribution is 7.98. The summed E-state index contributed by atoms with van der Waals surface area (Å²) in [7, 11) is 0. The number of thiophene rings is 1. The van der Waals surface area contributed by atoms with Gasteiger partial charge in [0.1, 0.15) is 0 Å². The van der Waals surface area contributed by atoms with E-state index < -0.39 is 0 Å². The summed E-state index contributed by atoms with van der Waals surface area (Å²) in [5, 5.41) is 3.59. The standard InChI is InChI=1S/C9H8S.C6H7NS/c1-7-6-10-9-5-3-2-4-8(7)9;1-8-6-2-4-7-5-3-6/h2-6H,1H3;2-5H,1H3. The second-order valence-electron chi connectivity index (χ2n) is 3.80. The molecule has 0 bridgehead atoms. The van der Waals surface area contributed by atoms with Crippen LogP contribution in [0.15, 0.2) is 59.1 Å². The normalized spacial score (nSPS) is 9.89. The highest BCUT2D eigenvalue weighted by atomic mass is 32.2. The molecule has 3 rings (SSSR count). The lowest BCUT2D eigenvalue weighted by Gasteiger charge is -1.88. The Morgan fingerprint density at radius 1 is 1.06 bits per heavy atom. The smallest absolute Gasteiger partial charge is 0.0345 e. The van der Waals surface area contributed by atoms with E-state index in [2.05, 4.69) is 47.8 Å². The van der Waals surface area contributed by atoms with Crippen molar-refractivity contribution < 1.29 is 0 Å². The number of nitrogens with zero attached hydrogens (tertiary/aromatic N) is 1. The third-order valence-corrected chi connectivity index (χ3v) is 4.38. The van der Waals surface area contributed by atoms with E-state index in [-0.39, 0.29) is 0 Å². The highest BCUT2D eigenvalue weighted by Gasteiger charge is 1.95. The number of rotatable bonds is 1. The van der Waals surface area contributed by atoms with E-state index in [0.29, 0.717) is 0 Å². The van der Waals surface area contributed by atoms with Crippen LogP contribution < -0.4 is 0 Å². The number of hydrogen-bond acceptors (Lipinski definition) is 3. The molecule has 1 nitrogen and oxygen atoms in total. The lowest BCUT2D eigenvalue weighted by molar-refractivity contribution is 1.27. The Morgan fingerprint density at radius 3 is 2.39 bits per heavy atom. The Bertz CT molecular complexity index is 602. The summed E-state index contributed by atoms with van der Waals surface area (Å²) in [4.78, 5) is 5.14. The minimum atomic E-state index is 1.26. The van der Waals surface area contributed by atoms with Gasteiger partial charge in [-0.15, -0.1) is 23.1 Å². The lowest BCUT2D eigenvalue weighted by atomic mass is 10.2. The van der Waals surface area contributed by atoms with Crippen LogP contribution in [0.5, 0.6) is 0 Å². The zero-order chi connectivity index (χ0) is 12.8. The molecule has 0 unspecified atom stereocenters. The van der Waals surface area contributed by atoms with Crippen molar-refractivity contribution in [1.82, 2.24) is 4.98 Å². The first-order valence-corrected chi connectivity index (χ1v) is 7.78. The van der Waals surface area contributed by atoms with Crippen LogP contribution in [0.25, 0.3) is 10.1 Å². The molecular formula is C15H15NS2. The minimum Gasteiger partial charge on any atom is -0.265 e. The van der Waals surface area contributed by atoms with Gasteiger partial charge in [0, 0.05) is 22.0 Å². The van der Waals surface area contributed by atoms with Gasteiger partial charge >= 0.3 is 0 Å². The molecule has 0 saturated heterocycles. The Hall–Kier alpha value is -1.32. The monoisotopic (exact) mass is 273 g/mol. The number of aryl methyl sites for hydroxylation is 1. The van der Waals surface area contributed by atoms with Crippen molar-refractivity contribution in [3.8, 4) is 0 Å². The summed E-state index contributed by atoms with van der Waals surface area (Å²) in [6.07, 6.45) is 5.65. The summed E-state index contributed by atoms with van der Waals surface area (Å²) < 4.78 is 1.39. The molecule has 0 atom stereocenters. The summed E-state index contributed by atoms with van der Waals surface area (Å²) in [5.74, 6) is 0. The summed E-state index contributed by atoms with van der Waals surface area (Å²) in [6, 6.07) is 12.5. The fourth-order valence-corrected chi connectivity index (χ4v) is 2.92. The van der Waals surface area contributed by atoms with E-state index in [0.717, 1.165) is 0 Å². The quantitative estimate of drug-likeness (QED) is 0.578. The molecular weight excluding hydrogens is 258 g/mol. The Kier molecular flexibility index (Phi) is 4.79. The van der Waals surface area contributed by atoms with Gasteiger partial charge < -0.3 is 0 Å². The summed E-state index contributed by atoms with van der Waals surface area (Å²) in [6.45, 7) is 2.15. The number of hydrogen-bond donors (Lipinski definition) is 0. The second kappa shape index (κ2) is 6.57. The molecule has 0 fully saturated rings. The third-order valence-electron chi connectivity index (χ3n) is 2.56. The Morgan fingerprint density at radius 2 is 1.78 bits per heavy atom. The van der Waals surface area contributed by atoms with Crippen LogP contribution in [0.4, 0.5) is 0 Å². The van der Waals surface area contributed by atoms with Crippen molar-refractivity contribution in [2.45, 2.75) is 11.8 Å². The van der Waals surface area contributed by atoms with Gasteiger partial charge in [-0.25, -0.2) is 0 Å². The molecule has 0 aliphatic heterocycles. The van der Waals surface area contributed by atoms with E-state index >= 15 is 0 Å². The van der Waals surface area contributed by atoms with Gasteiger partial charge in [-0.05, 0) is 47.7 Å². The van der Waals surface area contributed by atoms with Gasteiger partial charge in [0.15, 0.2) is 0 Å². The largest absolute Gasteiger partial charge is 0.265 e. The number of benzene rings is 1. The van der Waals surface area contributed by atoms with Gasteiger partial charge in [0.2, 0.25) is 0 Å². The first-order valence-electron chi connectivity index (χ1n) is 5.68. The van der Waals surface area contributed by atoms with E-state index in [1.54, 1.807) is 24.2 Å². The van der Waals surface area contributed by atoms with Gasteiger partial charge in [0.05, 0.1) is 0 Å². The van der Waals surface area contributed by atoms with E-state index in [9.17, 15) is 0 Å². The lowest BCUT2D eigenvalue weighted by Crippen LogP contribution is -1.68. The molecule has 0 saturated carbocycles. The van der Waals surface area contributed by atoms with Crippen LogP contribution in [0.3, 0.4) is 0 Å². The average molecular weight is 273 g/mol. The Balaban J connectivity index is 0.000000138. The number of fused-ring (bicyclic) bond motifs is 1. The molecule has 0 N–H and O–H groups in total. The SMILES string of the molecule is CSc1ccncc1.Cc1csc2ccccc12. The maximum absolute atomic E-state index is 3.88. The molecule has 3 heteroatoms. The van der Waals surface area contributed by atoms with Crippen LogP contribution in [0.2, 0.25) is 0 Å². The molecule has 1 aromatic carbocycles. The van der Waals surface area contributed by atoms with E-state index in [1.807, 2.05) is 23.5 Å². The van der Waals surface area contributed by atoms with Crippen molar-refractivity contribution in [1.29, 1.82) is 0 Å². The molecule has 0 radical (unpaired) electrons. The summed E-state index contributed by atoms with van der Waals surface area (Å²) in [5.41, 5.74) is 1.39. The van der Waals surface area contributed by atoms with Crippen molar-refractivity contribution in [2.24, 2.45) is 0 Å². The number of pyridine rings is 1. The number of aromatic nitrogens is 1. The molecule has 0 aliphatic rings. The predicted molar refractivity (Wildman–Crippen MR) is 82.6 cm³/mol. The summed E-state index contributed by atoms with van der Waals surface area (Å²) >= 11 is 3.54. The van der Waals surface area contributed by atoms with E-state index in [1.165, 1.54) is 20.5 Å². The molecule has 0 aliphatic carbocycles. The molecule has 2 heterocycles. The Labute approximate surface area is 116 Å². The van der Waals surface area contributed by atoms with Gasteiger partial charge in [-0.2, -0.15) is 0 Å². The number of thioether (sulfide) groups is 1. The van der Waals surface area contributed by atoms with Gasteiger partial charge in [-0.3, -0.25) is 4.98 Å². The van der Waals surface area contributed by atoms with Crippen molar-refractivity contribution in [2.75, 3.05) is 6.26 Å². The second-order valence-corrected chi connectivity index (χ2v) is 5.59. The maximum atomic E-state index is 3.88. The van der Waals surface area contributed by atoms with Crippen LogP contribution in [0.1, 0.15) is 5.56 Å². The van der Waals surface area contributed by atoms with Crippen LogP contribution >= 0.6 is 23.1 Å². The molecule has 3 aromatic rings. The minimum absolute atomic E-state index is 1.26. The molecule has 92 valence electrons. The zero-order valence-electron chi connectivity index (χ0n) is 10.5. The van der Waals surface area contributed by atoms with E-state index in [4.69, 9.17) is 0 Å². The fraction of sp³-hybridized carbons (Fsp3) is 0.133. The molecule has 18 heavy (non-hydrogen) atoms. The van der Waals surface area contributed by atoms with Crippen molar-refractivity contribution in [3.05, 3.63) is 59.7 Å². The van der Waals surface area contributed by atoms with Crippen molar-refractivity contribution in [3.63, 3.8) is 0 Å². The maximum Gasteiger partial charge on any atom is 0.0345 e. The third kappa shape index (κ3) is 3.34. The topological polar surface area (TPSA) is 12.9 Å². The molecule has 0 amide bonds. The fourth-order valence-electron chi connectivity index (χ4n) is 1.58. The average Bonchev–Trinajstić information content (AvgIpc) is 2.83. The first kappa shape index (κ1) is 13.1. The van der Waals surface area contributed by atoms with Gasteiger partial charge in [0.25, 0.3) is 0 Å². The molecule has 2 aromatic heterocycles. The predicted octanol–water partition coefficient (Wildman–Crippen LogP) is 5.01. The first-order chi connectivity index (χ1) is 8.81. The van der Waals surface area contributed by atoms with Crippen molar-refractivity contribution >= 4 is 33.2 Å². The van der Waals surface area contributed by atoms with Crippen LogP contribution in [0, 0.1) is 6.92 Å². The molecule has 0 spiro atoms.